The maximum Gasteiger partial charge on any atom is 0.188 e. The Kier molecular flexibility index (Phi) is 2.51. The number of aldehydes is 1. The first-order valence-corrected chi connectivity index (χ1v) is 4.85. The lowest BCUT2D eigenvalue weighted by Crippen LogP contribution is -1.95. The topological polar surface area (TPSA) is 54.9 Å². The maximum atomic E-state index is 10.5. The first kappa shape index (κ1) is 8.83. The van der Waals surface area contributed by atoms with Gasteiger partial charge >= 0.3 is 0 Å². The number of hydrogen-bond donors (Lipinski definition) is 1. The summed E-state index contributed by atoms with van der Waals surface area (Å²) in [5, 5.41) is 5.63. The fraction of sp³-hybridized carbons (Fsp3) is 0. The number of rotatable bonds is 3. The smallest absolute Gasteiger partial charge is 0.188 e. The molecule has 0 bridgehead atoms. The molecule has 4 nitrogen and oxygen atoms in total. The van der Waals surface area contributed by atoms with Gasteiger partial charge in [0.05, 0.1) is 0 Å². The first-order valence-electron chi connectivity index (χ1n) is 3.97. The number of nitrogens with one attached hydrogen (secondary N) is 1. The van der Waals surface area contributed by atoms with E-state index in [0.29, 0.717) is 17.8 Å². The van der Waals surface area contributed by atoms with Crippen molar-refractivity contribution < 1.29 is 4.79 Å². The number of nitrogens with zero attached hydrogens (tertiary/aromatic N) is 2. The summed E-state index contributed by atoms with van der Waals surface area (Å²) in [4.78, 5) is 18.6. The standard InChI is InChI=1S/C9H7N3OS/c13-6-7-2-1-3-8(11-7)12-9-10-4-5-14-9/h1-6H,(H,10,11,12). The van der Waals surface area contributed by atoms with E-state index in [9.17, 15) is 4.79 Å². The highest BCUT2D eigenvalue weighted by Gasteiger charge is 1.98. The Labute approximate surface area is 84.6 Å². The predicted octanol–water partition coefficient (Wildman–Crippen LogP) is 2.09. The molecule has 0 aromatic carbocycles. The molecular formula is C9H7N3OS. The van der Waals surface area contributed by atoms with Gasteiger partial charge in [0.1, 0.15) is 11.5 Å². The molecule has 0 fully saturated rings. The summed E-state index contributed by atoms with van der Waals surface area (Å²) in [6.07, 6.45) is 2.42. The van der Waals surface area contributed by atoms with Crippen LogP contribution in [0.3, 0.4) is 0 Å². The van der Waals surface area contributed by atoms with Crippen molar-refractivity contribution in [3.8, 4) is 0 Å². The van der Waals surface area contributed by atoms with Gasteiger partial charge in [-0.05, 0) is 12.1 Å². The summed E-state index contributed by atoms with van der Waals surface area (Å²) in [6, 6.07) is 5.21. The third-order valence-electron chi connectivity index (χ3n) is 1.56. The molecule has 0 saturated heterocycles. The van der Waals surface area contributed by atoms with Crippen molar-refractivity contribution in [2.75, 3.05) is 5.32 Å². The van der Waals surface area contributed by atoms with E-state index in [4.69, 9.17) is 0 Å². The van der Waals surface area contributed by atoms with Crippen LogP contribution in [0.4, 0.5) is 10.9 Å². The number of anilines is 2. The van der Waals surface area contributed by atoms with Crippen LogP contribution in [-0.2, 0) is 0 Å². The molecule has 2 rings (SSSR count). The van der Waals surface area contributed by atoms with Gasteiger partial charge in [0, 0.05) is 11.6 Å². The molecule has 0 aliphatic rings. The molecule has 70 valence electrons. The average Bonchev–Trinajstić information content (AvgIpc) is 2.71. The quantitative estimate of drug-likeness (QED) is 0.779. The molecule has 2 aromatic rings. The Bertz CT molecular complexity index is 427. The second kappa shape index (κ2) is 3.97. The van der Waals surface area contributed by atoms with Crippen LogP contribution >= 0.6 is 11.3 Å². The van der Waals surface area contributed by atoms with Gasteiger partial charge in [-0.1, -0.05) is 6.07 Å². The van der Waals surface area contributed by atoms with E-state index in [1.54, 1.807) is 24.4 Å². The van der Waals surface area contributed by atoms with Crippen LogP contribution in [0.5, 0.6) is 0 Å². The highest BCUT2D eigenvalue weighted by Crippen LogP contribution is 2.16. The zero-order valence-electron chi connectivity index (χ0n) is 7.18. The van der Waals surface area contributed by atoms with Gasteiger partial charge in [0.15, 0.2) is 11.4 Å². The van der Waals surface area contributed by atoms with E-state index >= 15 is 0 Å². The van der Waals surface area contributed by atoms with Crippen molar-refractivity contribution in [2.45, 2.75) is 0 Å². The molecule has 14 heavy (non-hydrogen) atoms. The van der Waals surface area contributed by atoms with Gasteiger partial charge in [0.2, 0.25) is 0 Å². The average molecular weight is 205 g/mol. The van der Waals surface area contributed by atoms with Crippen molar-refractivity contribution in [1.82, 2.24) is 9.97 Å². The Morgan fingerprint density at radius 3 is 3.07 bits per heavy atom. The number of aromatic nitrogens is 2. The van der Waals surface area contributed by atoms with E-state index in [2.05, 4.69) is 15.3 Å². The summed E-state index contributed by atoms with van der Waals surface area (Å²) < 4.78 is 0. The van der Waals surface area contributed by atoms with Crippen molar-refractivity contribution in [1.29, 1.82) is 0 Å². The molecule has 2 heterocycles. The lowest BCUT2D eigenvalue weighted by Gasteiger charge is -2.00. The predicted molar refractivity (Wildman–Crippen MR) is 55.0 cm³/mol. The zero-order chi connectivity index (χ0) is 9.80. The Morgan fingerprint density at radius 1 is 1.43 bits per heavy atom. The number of thiazole rings is 1. The highest BCUT2D eigenvalue weighted by molar-refractivity contribution is 7.13. The van der Waals surface area contributed by atoms with Gasteiger partial charge in [0.25, 0.3) is 0 Å². The molecule has 2 aromatic heterocycles. The fourth-order valence-electron chi connectivity index (χ4n) is 0.981. The van der Waals surface area contributed by atoms with Crippen LogP contribution in [0.15, 0.2) is 29.8 Å². The maximum absolute atomic E-state index is 10.5. The second-order valence-corrected chi connectivity index (χ2v) is 3.42. The number of carbonyl (C=O) groups excluding carboxylic acids is 1. The third-order valence-corrected chi connectivity index (χ3v) is 2.25. The van der Waals surface area contributed by atoms with Crippen LogP contribution < -0.4 is 5.32 Å². The molecule has 0 saturated carbocycles. The second-order valence-electron chi connectivity index (χ2n) is 2.53. The lowest BCUT2D eigenvalue weighted by molar-refractivity contribution is 0.111. The van der Waals surface area contributed by atoms with Gasteiger partial charge in [-0.3, -0.25) is 4.79 Å². The molecule has 0 unspecified atom stereocenters. The summed E-state index contributed by atoms with van der Waals surface area (Å²) in [6.45, 7) is 0. The Hall–Kier alpha value is -1.75. The van der Waals surface area contributed by atoms with Crippen molar-refractivity contribution >= 4 is 28.6 Å². The van der Waals surface area contributed by atoms with Gasteiger partial charge in [-0.25, -0.2) is 9.97 Å². The van der Waals surface area contributed by atoms with E-state index < -0.39 is 0 Å². The molecule has 1 N–H and O–H groups in total. The number of pyridine rings is 1. The highest BCUT2D eigenvalue weighted by atomic mass is 32.1. The largest absolute Gasteiger partial charge is 0.316 e. The zero-order valence-corrected chi connectivity index (χ0v) is 7.99. The van der Waals surface area contributed by atoms with Crippen LogP contribution in [0.2, 0.25) is 0 Å². The monoisotopic (exact) mass is 205 g/mol. The molecule has 0 spiro atoms. The van der Waals surface area contributed by atoms with E-state index in [1.807, 2.05) is 5.38 Å². The molecular weight excluding hydrogens is 198 g/mol. The van der Waals surface area contributed by atoms with Crippen LogP contribution in [0.25, 0.3) is 0 Å². The summed E-state index contributed by atoms with van der Waals surface area (Å²) >= 11 is 1.48. The van der Waals surface area contributed by atoms with Gasteiger partial charge in [-0.2, -0.15) is 0 Å². The molecule has 0 amide bonds. The lowest BCUT2D eigenvalue weighted by atomic mass is 10.4. The molecule has 0 aliphatic carbocycles. The minimum absolute atomic E-state index is 0.409. The Balaban J connectivity index is 2.21. The molecule has 0 radical (unpaired) electrons. The van der Waals surface area contributed by atoms with Crippen LogP contribution in [-0.4, -0.2) is 16.3 Å². The van der Waals surface area contributed by atoms with Crippen molar-refractivity contribution in [3.05, 3.63) is 35.5 Å². The van der Waals surface area contributed by atoms with E-state index in [-0.39, 0.29) is 0 Å². The van der Waals surface area contributed by atoms with Crippen molar-refractivity contribution in [3.63, 3.8) is 0 Å². The van der Waals surface area contributed by atoms with Crippen molar-refractivity contribution in [2.24, 2.45) is 0 Å². The molecule has 0 atom stereocenters. The van der Waals surface area contributed by atoms with Crippen LogP contribution in [0, 0.1) is 0 Å². The van der Waals surface area contributed by atoms with Gasteiger partial charge < -0.3 is 5.32 Å². The first-order chi connectivity index (χ1) is 6.88. The minimum Gasteiger partial charge on any atom is -0.316 e. The summed E-state index contributed by atoms with van der Waals surface area (Å²) in [5.41, 5.74) is 0.409. The fourth-order valence-corrected chi connectivity index (χ4v) is 1.52. The summed E-state index contributed by atoms with van der Waals surface area (Å²) in [7, 11) is 0. The Morgan fingerprint density at radius 2 is 2.36 bits per heavy atom. The molecule has 5 heteroatoms. The normalized spacial score (nSPS) is 9.71. The van der Waals surface area contributed by atoms with Gasteiger partial charge in [-0.15, -0.1) is 11.3 Å². The number of hydrogen-bond acceptors (Lipinski definition) is 5. The van der Waals surface area contributed by atoms with E-state index in [0.717, 1.165) is 5.13 Å². The summed E-state index contributed by atoms with van der Waals surface area (Å²) in [5.74, 6) is 0.629. The molecule has 0 aliphatic heterocycles. The SMILES string of the molecule is O=Cc1cccc(Nc2nccs2)n1. The minimum atomic E-state index is 0.409. The van der Waals surface area contributed by atoms with Crippen LogP contribution in [0.1, 0.15) is 10.5 Å². The number of carbonyl (C=O) groups is 1. The van der Waals surface area contributed by atoms with E-state index in [1.165, 1.54) is 11.3 Å². The third kappa shape index (κ3) is 1.94.